The van der Waals surface area contributed by atoms with Crippen molar-refractivity contribution in [2.75, 3.05) is 5.73 Å². The Balaban J connectivity index is 2.11. The van der Waals surface area contributed by atoms with Gasteiger partial charge in [0.15, 0.2) is 5.82 Å². The van der Waals surface area contributed by atoms with E-state index in [-0.39, 0.29) is 0 Å². The van der Waals surface area contributed by atoms with Crippen molar-refractivity contribution in [1.29, 1.82) is 0 Å². The average molecular weight is 251 g/mol. The zero-order chi connectivity index (χ0) is 13.2. The Morgan fingerprint density at radius 3 is 2.47 bits per heavy atom. The number of anilines is 1. The largest absolute Gasteiger partial charge is 0.384 e. The molecule has 3 aromatic rings. The van der Waals surface area contributed by atoms with E-state index in [2.05, 4.69) is 15.1 Å². The van der Waals surface area contributed by atoms with E-state index in [0.29, 0.717) is 11.6 Å². The van der Waals surface area contributed by atoms with E-state index in [1.807, 2.05) is 49.6 Å². The molecule has 2 aromatic heterocycles. The molecule has 3 rings (SSSR count). The van der Waals surface area contributed by atoms with Gasteiger partial charge in [0, 0.05) is 24.9 Å². The Kier molecular flexibility index (Phi) is 2.72. The first-order chi connectivity index (χ1) is 9.22. The van der Waals surface area contributed by atoms with Crippen molar-refractivity contribution in [2.45, 2.75) is 0 Å². The number of nitrogens with zero attached hydrogens (tertiary/aromatic N) is 4. The molecule has 2 N–H and O–H groups in total. The second-order valence-corrected chi connectivity index (χ2v) is 4.24. The predicted octanol–water partition coefficient (Wildman–Crippen LogP) is 2.13. The van der Waals surface area contributed by atoms with Gasteiger partial charge in [-0.15, -0.1) is 0 Å². The maximum Gasteiger partial charge on any atom is 0.162 e. The molecular formula is C14H13N5. The molecule has 5 nitrogen and oxygen atoms in total. The number of rotatable bonds is 2. The van der Waals surface area contributed by atoms with Crippen molar-refractivity contribution in [3.8, 4) is 22.8 Å². The van der Waals surface area contributed by atoms with Crippen molar-refractivity contribution in [2.24, 2.45) is 7.05 Å². The topological polar surface area (TPSA) is 69.6 Å². The highest BCUT2D eigenvalue weighted by Gasteiger charge is 2.08. The van der Waals surface area contributed by atoms with E-state index < -0.39 is 0 Å². The Morgan fingerprint density at radius 1 is 1.00 bits per heavy atom. The molecule has 0 saturated carbocycles. The Bertz CT molecular complexity index is 703. The van der Waals surface area contributed by atoms with Gasteiger partial charge in [0.2, 0.25) is 0 Å². The number of nitrogen functional groups attached to an aromatic ring is 1. The third kappa shape index (κ3) is 2.30. The maximum absolute atomic E-state index is 5.86. The Morgan fingerprint density at radius 2 is 1.79 bits per heavy atom. The van der Waals surface area contributed by atoms with E-state index in [9.17, 15) is 0 Å². The first-order valence-corrected chi connectivity index (χ1v) is 5.92. The van der Waals surface area contributed by atoms with Crippen LogP contribution < -0.4 is 5.73 Å². The first-order valence-electron chi connectivity index (χ1n) is 5.92. The molecule has 0 aliphatic carbocycles. The summed E-state index contributed by atoms with van der Waals surface area (Å²) in [6, 6.07) is 13.4. The molecule has 0 fully saturated rings. The van der Waals surface area contributed by atoms with Crippen LogP contribution in [0.2, 0.25) is 0 Å². The van der Waals surface area contributed by atoms with Crippen molar-refractivity contribution >= 4 is 5.82 Å². The molecule has 19 heavy (non-hydrogen) atoms. The summed E-state index contributed by atoms with van der Waals surface area (Å²) in [5.74, 6) is 1.05. The van der Waals surface area contributed by atoms with Crippen LogP contribution in [0, 0.1) is 0 Å². The second kappa shape index (κ2) is 4.53. The SMILES string of the molecule is Cn1ccc(-c2cc(N)nc(-c3ccccc3)n2)n1. The molecule has 94 valence electrons. The monoisotopic (exact) mass is 251 g/mol. The van der Waals surface area contributed by atoms with Crippen molar-refractivity contribution < 1.29 is 0 Å². The van der Waals surface area contributed by atoms with E-state index in [4.69, 9.17) is 5.73 Å². The van der Waals surface area contributed by atoms with Gasteiger partial charge in [0.05, 0.1) is 5.69 Å². The van der Waals surface area contributed by atoms with Crippen LogP contribution in [0.25, 0.3) is 22.8 Å². The van der Waals surface area contributed by atoms with Crippen LogP contribution in [-0.4, -0.2) is 19.7 Å². The van der Waals surface area contributed by atoms with Crippen LogP contribution in [0.5, 0.6) is 0 Å². The molecule has 0 spiro atoms. The summed E-state index contributed by atoms with van der Waals surface area (Å²) in [6.07, 6.45) is 1.87. The van der Waals surface area contributed by atoms with Gasteiger partial charge in [-0.05, 0) is 6.07 Å². The fourth-order valence-electron chi connectivity index (χ4n) is 1.87. The lowest BCUT2D eigenvalue weighted by Gasteiger charge is -2.04. The number of hydrogen-bond acceptors (Lipinski definition) is 4. The van der Waals surface area contributed by atoms with Crippen LogP contribution in [0.3, 0.4) is 0 Å². The summed E-state index contributed by atoms with van der Waals surface area (Å²) in [4.78, 5) is 8.79. The molecule has 0 radical (unpaired) electrons. The molecule has 0 aliphatic heterocycles. The Hall–Kier alpha value is -2.69. The van der Waals surface area contributed by atoms with E-state index in [0.717, 1.165) is 17.0 Å². The highest BCUT2D eigenvalue weighted by Crippen LogP contribution is 2.21. The number of aromatic nitrogens is 4. The molecule has 2 heterocycles. The third-order valence-electron chi connectivity index (χ3n) is 2.75. The second-order valence-electron chi connectivity index (χ2n) is 4.24. The summed E-state index contributed by atoms with van der Waals surface area (Å²) in [7, 11) is 1.87. The summed E-state index contributed by atoms with van der Waals surface area (Å²) in [5, 5.41) is 4.33. The van der Waals surface area contributed by atoms with Gasteiger partial charge in [-0.25, -0.2) is 9.97 Å². The van der Waals surface area contributed by atoms with Gasteiger partial charge < -0.3 is 5.73 Å². The molecule has 0 bridgehead atoms. The minimum Gasteiger partial charge on any atom is -0.384 e. The average Bonchev–Trinajstić information content (AvgIpc) is 2.86. The number of nitrogens with two attached hydrogens (primary N) is 1. The van der Waals surface area contributed by atoms with E-state index in [1.165, 1.54) is 0 Å². The molecule has 0 atom stereocenters. The minimum atomic E-state index is 0.439. The van der Waals surface area contributed by atoms with Crippen molar-refractivity contribution in [3.63, 3.8) is 0 Å². The molecule has 0 amide bonds. The standard InChI is InChI=1S/C14H13N5/c1-19-8-7-11(18-19)12-9-13(15)17-14(16-12)10-5-3-2-4-6-10/h2-9H,1H3,(H2,15,16,17). The zero-order valence-corrected chi connectivity index (χ0v) is 10.5. The fraction of sp³-hybridized carbons (Fsp3) is 0.0714. The molecular weight excluding hydrogens is 238 g/mol. The summed E-state index contributed by atoms with van der Waals surface area (Å²) >= 11 is 0. The van der Waals surface area contributed by atoms with Crippen LogP contribution in [0.4, 0.5) is 5.82 Å². The lowest BCUT2D eigenvalue weighted by Crippen LogP contribution is -1.98. The summed E-state index contributed by atoms with van der Waals surface area (Å²) in [5.41, 5.74) is 8.31. The highest BCUT2D eigenvalue weighted by molar-refractivity contribution is 5.64. The quantitative estimate of drug-likeness (QED) is 0.757. The Labute approximate surface area is 110 Å². The van der Waals surface area contributed by atoms with Gasteiger partial charge in [-0.2, -0.15) is 5.10 Å². The van der Waals surface area contributed by atoms with Crippen LogP contribution in [0.15, 0.2) is 48.7 Å². The normalized spacial score (nSPS) is 10.6. The molecule has 5 heteroatoms. The summed E-state index contributed by atoms with van der Waals surface area (Å²) < 4.78 is 1.73. The number of aryl methyl sites for hydroxylation is 1. The van der Waals surface area contributed by atoms with Crippen LogP contribution in [-0.2, 0) is 7.05 Å². The van der Waals surface area contributed by atoms with Gasteiger partial charge >= 0.3 is 0 Å². The highest BCUT2D eigenvalue weighted by atomic mass is 15.2. The molecule has 0 saturated heterocycles. The van der Waals surface area contributed by atoms with Crippen LogP contribution >= 0.6 is 0 Å². The van der Waals surface area contributed by atoms with Gasteiger partial charge in [0.1, 0.15) is 11.5 Å². The first kappa shape index (κ1) is 11.4. The van der Waals surface area contributed by atoms with Gasteiger partial charge in [-0.1, -0.05) is 30.3 Å². The molecule has 0 unspecified atom stereocenters. The number of benzene rings is 1. The lowest BCUT2D eigenvalue weighted by molar-refractivity contribution is 0.770. The van der Waals surface area contributed by atoms with Crippen molar-refractivity contribution in [1.82, 2.24) is 19.7 Å². The van der Waals surface area contributed by atoms with Crippen LogP contribution in [0.1, 0.15) is 0 Å². The molecule has 0 aliphatic rings. The fourth-order valence-corrected chi connectivity index (χ4v) is 1.87. The lowest BCUT2D eigenvalue weighted by atomic mass is 10.2. The summed E-state index contributed by atoms with van der Waals surface area (Å²) in [6.45, 7) is 0. The smallest absolute Gasteiger partial charge is 0.162 e. The zero-order valence-electron chi connectivity index (χ0n) is 10.5. The minimum absolute atomic E-state index is 0.439. The maximum atomic E-state index is 5.86. The van der Waals surface area contributed by atoms with E-state index >= 15 is 0 Å². The van der Waals surface area contributed by atoms with Gasteiger partial charge in [-0.3, -0.25) is 4.68 Å². The van der Waals surface area contributed by atoms with Gasteiger partial charge in [0.25, 0.3) is 0 Å². The van der Waals surface area contributed by atoms with E-state index in [1.54, 1.807) is 10.7 Å². The number of hydrogen-bond donors (Lipinski definition) is 1. The predicted molar refractivity (Wildman–Crippen MR) is 74.1 cm³/mol. The van der Waals surface area contributed by atoms with Crippen molar-refractivity contribution in [3.05, 3.63) is 48.7 Å². The third-order valence-corrected chi connectivity index (χ3v) is 2.75. The molecule has 1 aromatic carbocycles.